The summed E-state index contributed by atoms with van der Waals surface area (Å²) in [4.78, 5) is 12.9. The first-order valence-electron chi connectivity index (χ1n) is 13.4. The molecule has 2 fully saturated rings. The molecule has 2 aliphatic rings. The number of aliphatic hydroxyl groups is 7. The first-order valence-corrected chi connectivity index (χ1v) is 13.4. The van der Waals surface area contributed by atoms with Crippen LogP contribution in [-0.4, -0.2) is 128 Å². The average Bonchev–Trinajstić information content (AvgIpc) is 3.00. The molecule has 0 radical (unpaired) electrons. The third-order valence-electron chi connectivity index (χ3n) is 7.46. The van der Waals surface area contributed by atoms with Crippen molar-refractivity contribution in [1.29, 1.82) is 0 Å². The number of hydrogen-bond acceptors (Lipinski definition) is 16. The highest BCUT2D eigenvalue weighted by atomic mass is 16.8. The zero-order chi connectivity index (χ0) is 31.9. The van der Waals surface area contributed by atoms with E-state index >= 15 is 0 Å². The van der Waals surface area contributed by atoms with Gasteiger partial charge in [0.15, 0.2) is 29.3 Å². The molecule has 2 aliphatic heterocycles. The molecular formula is C28H32O16. The summed E-state index contributed by atoms with van der Waals surface area (Å²) in [5, 5.41) is 91.5. The molecule has 0 aliphatic carbocycles. The first kappa shape index (κ1) is 31.9. The van der Waals surface area contributed by atoms with Crippen molar-refractivity contribution in [3.05, 3.63) is 46.6 Å². The Bertz CT molecular complexity index is 1520. The lowest BCUT2D eigenvalue weighted by Crippen LogP contribution is -2.65. The van der Waals surface area contributed by atoms with Gasteiger partial charge in [-0.3, -0.25) is 4.79 Å². The number of phenols is 2. The van der Waals surface area contributed by atoms with E-state index in [0.717, 1.165) is 12.1 Å². The number of ether oxygens (including phenoxy) is 5. The Labute approximate surface area is 248 Å². The Morgan fingerprint density at radius 1 is 0.773 bits per heavy atom. The van der Waals surface area contributed by atoms with Crippen LogP contribution in [0.15, 0.2) is 45.6 Å². The lowest BCUT2D eigenvalue weighted by Gasteiger charge is -2.45. The van der Waals surface area contributed by atoms with Crippen molar-refractivity contribution in [2.24, 2.45) is 0 Å². The molecule has 10 atom stereocenters. The summed E-state index contributed by atoms with van der Waals surface area (Å²) < 4.78 is 33.4. The zero-order valence-corrected chi connectivity index (χ0v) is 23.0. The maximum Gasteiger partial charge on any atom is 0.229 e. The van der Waals surface area contributed by atoms with Gasteiger partial charge in [0.1, 0.15) is 71.0 Å². The van der Waals surface area contributed by atoms with Crippen molar-refractivity contribution >= 4 is 11.0 Å². The molecule has 0 unspecified atom stereocenters. The van der Waals surface area contributed by atoms with Crippen LogP contribution in [0, 0.1) is 0 Å². The van der Waals surface area contributed by atoms with Crippen LogP contribution in [0.4, 0.5) is 0 Å². The molecule has 0 bridgehead atoms. The molecule has 16 nitrogen and oxygen atoms in total. The fourth-order valence-electron chi connectivity index (χ4n) is 5.05. The highest BCUT2D eigenvalue weighted by Crippen LogP contribution is 2.36. The number of hydrogen-bond donors (Lipinski definition) is 9. The number of aliphatic hydroxyl groups excluding tert-OH is 7. The molecule has 1 aromatic heterocycles. The van der Waals surface area contributed by atoms with Crippen molar-refractivity contribution in [3.63, 3.8) is 0 Å². The van der Waals surface area contributed by atoms with E-state index in [1.54, 1.807) is 0 Å². The smallest absolute Gasteiger partial charge is 0.229 e. The molecule has 0 saturated carbocycles. The Hall–Kier alpha value is -3.55. The van der Waals surface area contributed by atoms with Gasteiger partial charge in [-0.15, -0.1) is 0 Å². The fourth-order valence-corrected chi connectivity index (χ4v) is 5.05. The molecule has 9 N–H and O–H groups in total. The normalized spacial score (nSPS) is 32.5. The average molecular weight is 625 g/mol. The molecule has 5 rings (SSSR count). The molecule has 0 amide bonds. The molecule has 0 spiro atoms. The van der Waals surface area contributed by atoms with Crippen LogP contribution < -0.4 is 14.9 Å². The second kappa shape index (κ2) is 12.8. The van der Waals surface area contributed by atoms with Gasteiger partial charge in [-0.05, 0) is 18.2 Å². The van der Waals surface area contributed by atoms with Crippen LogP contribution in [0.25, 0.3) is 22.3 Å². The highest BCUT2D eigenvalue weighted by molar-refractivity contribution is 5.86. The molecule has 44 heavy (non-hydrogen) atoms. The van der Waals surface area contributed by atoms with Crippen LogP contribution in [0.3, 0.4) is 0 Å². The van der Waals surface area contributed by atoms with E-state index in [-0.39, 0.29) is 34.0 Å². The van der Waals surface area contributed by atoms with E-state index in [0.29, 0.717) is 5.56 Å². The molecule has 2 aromatic carbocycles. The van der Waals surface area contributed by atoms with Crippen LogP contribution in [0.5, 0.6) is 23.0 Å². The summed E-state index contributed by atoms with van der Waals surface area (Å²) in [6, 6.07) is 7.63. The monoisotopic (exact) mass is 624 g/mol. The highest BCUT2D eigenvalue weighted by Gasteiger charge is 2.51. The van der Waals surface area contributed by atoms with Crippen LogP contribution in [0.1, 0.15) is 0 Å². The fraction of sp³-hybridized carbons (Fsp3) is 0.464. The van der Waals surface area contributed by atoms with Crippen molar-refractivity contribution in [2.75, 3.05) is 20.3 Å². The van der Waals surface area contributed by atoms with E-state index in [2.05, 4.69) is 0 Å². The van der Waals surface area contributed by atoms with Crippen molar-refractivity contribution in [1.82, 2.24) is 0 Å². The third-order valence-corrected chi connectivity index (χ3v) is 7.46. The molecule has 16 heteroatoms. The predicted molar refractivity (Wildman–Crippen MR) is 145 cm³/mol. The summed E-state index contributed by atoms with van der Waals surface area (Å²) in [5.74, 6) is -0.721. The van der Waals surface area contributed by atoms with Crippen molar-refractivity contribution in [2.45, 2.75) is 61.4 Å². The lowest BCUT2D eigenvalue weighted by molar-refractivity contribution is -0.357. The van der Waals surface area contributed by atoms with E-state index in [1.807, 2.05) is 0 Å². The molecule has 3 aromatic rings. The number of fused-ring (bicyclic) bond motifs is 1. The molecule has 3 heterocycles. The van der Waals surface area contributed by atoms with Gasteiger partial charge in [0.2, 0.25) is 6.29 Å². The van der Waals surface area contributed by atoms with E-state index in [1.165, 1.54) is 31.4 Å². The second-order valence-corrected chi connectivity index (χ2v) is 10.3. The summed E-state index contributed by atoms with van der Waals surface area (Å²) in [5.41, 5.74) is -0.402. The Morgan fingerprint density at radius 2 is 1.43 bits per heavy atom. The largest absolute Gasteiger partial charge is 0.507 e. The number of aromatic hydroxyl groups is 2. The zero-order valence-electron chi connectivity index (χ0n) is 23.0. The number of methoxy groups -OCH3 is 1. The van der Waals surface area contributed by atoms with Gasteiger partial charge < -0.3 is 74.1 Å². The van der Waals surface area contributed by atoms with E-state index in [9.17, 15) is 50.8 Å². The van der Waals surface area contributed by atoms with Gasteiger partial charge in [-0.1, -0.05) is 0 Å². The maximum absolute atomic E-state index is 12.9. The number of phenolic OH excluding ortho intramolecular Hbond substituents is 2. The quantitative estimate of drug-likeness (QED) is 0.130. The van der Waals surface area contributed by atoms with Crippen LogP contribution in [-0.2, 0) is 14.2 Å². The minimum Gasteiger partial charge on any atom is -0.507 e. The van der Waals surface area contributed by atoms with Crippen LogP contribution in [0.2, 0.25) is 0 Å². The van der Waals surface area contributed by atoms with Gasteiger partial charge in [0.05, 0.1) is 20.3 Å². The predicted octanol–water partition coefficient (Wildman–Crippen LogP) is -2.12. The van der Waals surface area contributed by atoms with Gasteiger partial charge >= 0.3 is 0 Å². The Morgan fingerprint density at radius 3 is 2.09 bits per heavy atom. The molecule has 2 saturated heterocycles. The topological polar surface area (TPSA) is 258 Å². The Balaban J connectivity index is 1.48. The summed E-state index contributed by atoms with van der Waals surface area (Å²) in [6.07, 6.45) is -16.8. The van der Waals surface area contributed by atoms with E-state index < -0.39 is 85.8 Å². The SMILES string of the molecule is COc1cc(-c2cc(=O)c3c(O)cc(O[C@@H]4O[C@H](CO)[C@@H](O)[C@@H](O)[C@H]4O[C@H]4O[C@H](CO)[C@@H](O)[C@H](O)[C@@H]4O)cc3o2)ccc1O. The summed E-state index contributed by atoms with van der Waals surface area (Å²) in [7, 11) is 1.34. The minimum absolute atomic E-state index is 0.0500. The third kappa shape index (κ3) is 5.92. The maximum atomic E-state index is 12.9. The van der Waals surface area contributed by atoms with Gasteiger partial charge in [-0.2, -0.15) is 0 Å². The second-order valence-electron chi connectivity index (χ2n) is 10.3. The lowest BCUT2D eigenvalue weighted by atomic mass is 9.97. The number of rotatable bonds is 8. The summed E-state index contributed by atoms with van der Waals surface area (Å²) in [6.45, 7) is -1.52. The van der Waals surface area contributed by atoms with Crippen LogP contribution >= 0.6 is 0 Å². The Kier molecular flexibility index (Phi) is 9.28. The van der Waals surface area contributed by atoms with Crippen molar-refractivity contribution in [3.8, 4) is 34.3 Å². The van der Waals surface area contributed by atoms with Gasteiger partial charge in [0, 0.05) is 23.8 Å². The molecule has 240 valence electrons. The first-order chi connectivity index (χ1) is 21.0. The van der Waals surface area contributed by atoms with E-state index in [4.69, 9.17) is 28.1 Å². The summed E-state index contributed by atoms with van der Waals surface area (Å²) >= 11 is 0. The molecular weight excluding hydrogens is 592 g/mol. The van der Waals surface area contributed by atoms with Gasteiger partial charge in [0.25, 0.3) is 0 Å². The minimum atomic E-state index is -1.87. The van der Waals surface area contributed by atoms with Gasteiger partial charge in [-0.25, -0.2) is 0 Å². The van der Waals surface area contributed by atoms with Crippen molar-refractivity contribution < 1.29 is 74.1 Å². The number of benzene rings is 2. The standard InChI is InChI=1S/C28H32O16/c1-39-16-4-10(2-3-12(16)31)15-7-14(33)20-13(32)5-11(6-17(20)41-15)40-28-26(24(37)22(35)19(9-30)43-28)44-27-25(38)23(36)21(34)18(8-29)42-27/h2-7,18-19,21-32,34-38H,8-9H2,1H3/t18-,19-,21-,22-,23+,24-,25+,26-,27-,28-/m1/s1.